The average molecular weight is 1130 g/mol. The van der Waals surface area contributed by atoms with Crippen LogP contribution in [0.1, 0.15) is 239 Å². The predicted molar refractivity (Wildman–Crippen MR) is 367 cm³/mol. The van der Waals surface area contributed by atoms with E-state index in [-0.39, 0.29) is 43.3 Å². The molecular formula is C79H96N4O2. The maximum Gasteiger partial charge on any atom is 0.328 e. The molecule has 0 atom stereocenters. The Hall–Kier alpha value is -7.31. The predicted octanol–water partition coefficient (Wildman–Crippen LogP) is 21.8. The summed E-state index contributed by atoms with van der Waals surface area (Å²) in [6.45, 7) is 54.8. The van der Waals surface area contributed by atoms with Crippen molar-refractivity contribution in [3.8, 4) is 44.5 Å². The highest BCUT2D eigenvalue weighted by atomic mass is 16.4. The van der Waals surface area contributed by atoms with Gasteiger partial charge in [-0.25, -0.2) is 14.8 Å². The van der Waals surface area contributed by atoms with Gasteiger partial charge < -0.3 is 15.1 Å². The van der Waals surface area contributed by atoms with Crippen molar-refractivity contribution in [2.75, 3.05) is 0 Å². The molecule has 6 nitrogen and oxygen atoms in total. The maximum absolute atomic E-state index is 12.8. The average Bonchev–Trinajstić information content (AvgIpc) is 1.82. The van der Waals surface area contributed by atoms with Gasteiger partial charge >= 0.3 is 5.97 Å². The number of carbonyl (C=O) groups is 1. The molecule has 7 aromatic rings. The van der Waals surface area contributed by atoms with Crippen LogP contribution in [0.5, 0.6) is 0 Å². The fraction of sp³-hybridized carbons (Fsp3) is 0.405. The second-order valence-electron chi connectivity index (χ2n) is 32.6. The van der Waals surface area contributed by atoms with Crippen LogP contribution in [0.15, 0.2) is 97.1 Å². The van der Waals surface area contributed by atoms with Gasteiger partial charge in [0.2, 0.25) is 0 Å². The summed E-state index contributed by atoms with van der Waals surface area (Å²) < 4.78 is 0. The Morgan fingerprint density at radius 1 is 0.341 bits per heavy atom. The zero-order valence-electron chi connectivity index (χ0n) is 55.9. The Morgan fingerprint density at radius 2 is 0.588 bits per heavy atom. The lowest BCUT2D eigenvalue weighted by atomic mass is 9.78. The van der Waals surface area contributed by atoms with Crippen LogP contribution in [-0.4, -0.2) is 31.0 Å². The van der Waals surface area contributed by atoms with Crippen LogP contribution in [0.3, 0.4) is 0 Å². The maximum atomic E-state index is 12.8. The van der Waals surface area contributed by atoms with Gasteiger partial charge in [-0.15, -0.1) is 0 Å². The molecule has 5 heterocycles. The van der Waals surface area contributed by atoms with Crippen LogP contribution < -0.4 is 0 Å². The van der Waals surface area contributed by atoms with Gasteiger partial charge in [0.25, 0.3) is 0 Å². The third-order valence-electron chi connectivity index (χ3n) is 17.1. The van der Waals surface area contributed by atoms with Crippen molar-refractivity contribution in [2.24, 2.45) is 0 Å². The first-order valence-corrected chi connectivity index (χ1v) is 30.7. The summed E-state index contributed by atoms with van der Waals surface area (Å²) in [5.41, 5.74) is 23.7. The second kappa shape index (κ2) is 21.3. The van der Waals surface area contributed by atoms with Crippen molar-refractivity contribution in [2.45, 2.75) is 209 Å². The first-order chi connectivity index (χ1) is 38.9. The number of nitrogens with zero attached hydrogens (tertiary/aromatic N) is 2. The number of hydrogen-bond donors (Lipinski definition) is 3. The van der Waals surface area contributed by atoms with Crippen LogP contribution >= 0.6 is 0 Å². The molecule has 0 spiro atoms. The fourth-order valence-electron chi connectivity index (χ4n) is 11.4. The summed E-state index contributed by atoms with van der Waals surface area (Å²) in [7, 11) is 0. The van der Waals surface area contributed by atoms with Crippen LogP contribution in [0, 0.1) is 0 Å². The van der Waals surface area contributed by atoms with Gasteiger partial charge in [-0.3, -0.25) is 0 Å². The highest BCUT2D eigenvalue weighted by Gasteiger charge is 2.30. The summed E-state index contributed by atoms with van der Waals surface area (Å²) in [5, 5.41) is 10.5. The number of rotatable bonds is 6. The number of aromatic amines is 2. The quantitative estimate of drug-likeness (QED) is 0.145. The minimum Gasteiger partial charge on any atom is -0.478 e. The molecule has 0 aliphatic carbocycles. The first kappa shape index (κ1) is 62.2. The van der Waals surface area contributed by atoms with Gasteiger partial charge in [0, 0.05) is 50.4 Å². The van der Waals surface area contributed by atoms with Crippen molar-refractivity contribution in [1.82, 2.24) is 19.9 Å². The van der Waals surface area contributed by atoms with Gasteiger partial charge in [0.1, 0.15) is 0 Å². The number of hydrogen-bond acceptors (Lipinski definition) is 3. The smallest absolute Gasteiger partial charge is 0.328 e. The van der Waals surface area contributed by atoms with Crippen molar-refractivity contribution in [1.29, 1.82) is 0 Å². The van der Waals surface area contributed by atoms with Gasteiger partial charge in [-0.1, -0.05) is 239 Å². The lowest BCUT2D eigenvalue weighted by molar-refractivity contribution is -0.131. The van der Waals surface area contributed by atoms with E-state index >= 15 is 0 Å². The summed E-state index contributed by atoms with van der Waals surface area (Å²) in [6.07, 6.45) is 11.7. The van der Waals surface area contributed by atoms with Gasteiger partial charge in [-0.2, -0.15) is 0 Å². The van der Waals surface area contributed by atoms with Gasteiger partial charge in [0.05, 0.1) is 28.3 Å². The largest absolute Gasteiger partial charge is 0.478 e. The normalized spacial score (nSPS) is 13.8. The Kier molecular flexibility index (Phi) is 15.6. The summed E-state index contributed by atoms with van der Waals surface area (Å²) in [6, 6.07) is 34.9. The fourth-order valence-corrected chi connectivity index (χ4v) is 11.4. The van der Waals surface area contributed by atoms with E-state index in [2.05, 4.69) is 291 Å². The van der Waals surface area contributed by atoms with E-state index in [0.29, 0.717) is 0 Å². The van der Waals surface area contributed by atoms with E-state index in [4.69, 9.17) is 9.97 Å². The number of carboxylic acid groups (broad SMARTS) is 1. The molecule has 3 N–H and O–H groups in total. The van der Waals surface area contributed by atoms with Crippen molar-refractivity contribution in [3.63, 3.8) is 0 Å². The van der Waals surface area contributed by atoms with E-state index in [0.717, 1.165) is 94.9 Å². The second-order valence-corrected chi connectivity index (χ2v) is 32.6. The molecule has 6 heteroatoms. The third-order valence-corrected chi connectivity index (χ3v) is 17.1. The Balaban J connectivity index is 1.62. The number of carboxylic acids is 1. The topological polar surface area (TPSA) is 94.7 Å². The molecule has 0 unspecified atom stereocenters. The van der Waals surface area contributed by atoms with Crippen LogP contribution in [0.2, 0.25) is 0 Å². The molecule has 9 rings (SSSR count). The first-order valence-electron chi connectivity index (χ1n) is 30.7. The molecule has 0 saturated heterocycles. The molecular weight excluding hydrogens is 1040 g/mol. The minimum absolute atomic E-state index is 0.147. The van der Waals surface area contributed by atoms with E-state index in [1.807, 2.05) is 0 Å². The highest BCUT2D eigenvalue weighted by Crippen LogP contribution is 2.46. The Labute approximate surface area is 509 Å². The summed E-state index contributed by atoms with van der Waals surface area (Å²) in [5.74, 6) is -1.03. The van der Waals surface area contributed by atoms with Crippen molar-refractivity contribution in [3.05, 3.63) is 170 Å². The lowest BCUT2D eigenvalue weighted by Crippen LogP contribution is -2.16. The zero-order valence-corrected chi connectivity index (χ0v) is 55.9. The van der Waals surface area contributed by atoms with Crippen LogP contribution in [0.4, 0.5) is 0 Å². The Morgan fingerprint density at radius 3 is 0.847 bits per heavy atom. The molecule has 2 aliphatic rings. The zero-order chi connectivity index (χ0) is 62.7. The summed E-state index contributed by atoms with van der Waals surface area (Å²) in [4.78, 5) is 32.7. The van der Waals surface area contributed by atoms with Crippen molar-refractivity contribution < 1.29 is 9.90 Å². The SMILES string of the molecule is CC(C)(C)c1cc(-c2c3nc(c(-c4cc(C(C)(C)C)cc(C(C)(C)C)c4)c4cc(C=CC(=O)O)c([nH]4)c(-c4cc(C(C)(C)C)cc(C(C)(C)C)c4)c4nc(c(-c5cc(C(C)(C)C)cc(C(C)(C)C)c5)c5ccc2[nH]5)C=C4)C=C3)cc(C(C)(C)C)c1. The van der Waals surface area contributed by atoms with E-state index in [9.17, 15) is 9.90 Å². The van der Waals surface area contributed by atoms with Crippen LogP contribution in [-0.2, 0) is 48.1 Å². The molecule has 2 aliphatic heterocycles. The number of aromatic nitrogens is 4. The van der Waals surface area contributed by atoms with E-state index < -0.39 is 5.97 Å². The number of benzene rings is 4. The van der Waals surface area contributed by atoms with Gasteiger partial charge in [0.15, 0.2) is 0 Å². The number of aliphatic carboxylic acids is 1. The van der Waals surface area contributed by atoms with Gasteiger partial charge in [-0.05, 0) is 159 Å². The number of H-pyrrole nitrogens is 2. The van der Waals surface area contributed by atoms with E-state index in [1.165, 1.54) is 50.6 Å². The standard InChI is InChI=1S/C79H96N4O2/c1-72(2,3)51-33-47(34-52(42-51)73(4,5)6)67-59-26-27-60(80-59)68(48-35-53(74(7,8)9)43-54(36-48)75(10,11)12)62-30-31-64(82-62)70(50-39-57(78(19,20)21)45-58(40-50)79(22,23)24)71-46(25-32-66(84)85)41-65(83-71)69(63-29-28-61(67)81-63)49-37-55(76(13,14)15)44-56(38-49)77(16,17)18/h25-45,80,83H,1-24H3,(H,84,85). The molecule has 0 fully saturated rings. The summed E-state index contributed by atoms with van der Waals surface area (Å²) >= 11 is 0. The number of nitrogens with one attached hydrogen (secondary N) is 2. The molecule has 444 valence electrons. The molecule has 0 saturated carbocycles. The molecule has 8 bridgehead atoms. The van der Waals surface area contributed by atoms with E-state index in [1.54, 1.807) is 6.08 Å². The van der Waals surface area contributed by atoms with Crippen molar-refractivity contribution >= 4 is 58.4 Å². The highest BCUT2D eigenvalue weighted by molar-refractivity contribution is 6.03. The minimum atomic E-state index is -1.03. The molecule has 85 heavy (non-hydrogen) atoms. The Bertz CT molecular complexity index is 3960. The number of fused-ring (bicyclic) bond motifs is 8. The molecule has 3 aromatic heterocycles. The lowest BCUT2D eigenvalue weighted by Gasteiger charge is -2.26. The third kappa shape index (κ3) is 13.1. The molecule has 0 radical (unpaired) electrons. The monoisotopic (exact) mass is 1130 g/mol. The molecule has 4 aromatic carbocycles. The molecule has 0 amide bonds. The van der Waals surface area contributed by atoms with Crippen LogP contribution in [0.25, 0.3) is 97.0 Å².